The van der Waals surface area contributed by atoms with Gasteiger partial charge in [-0.2, -0.15) is 0 Å². The predicted molar refractivity (Wildman–Crippen MR) is 64.2 cm³/mol. The molecule has 2 unspecified atom stereocenters. The first-order chi connectivity index (χ1) is 6.30. The Morgan fingerprint density at radius 1 is 0.667 bits per heavy atom. The Morgan fingerprint density at radius 2 is 1.00 bits per heavy atom. The Balaban J connectivity index is 0. The van der Waals surface area contributed by atoms with Crippen LogP contribution in [0.1, 0.15) is 28.7 Å². The van der Waals surface area contributed by atoms with Gasteiger partial charge in [-0.1, -0.05) is 28.7 Å². The number of ether oxygens (including phenoxy) is 3. The molecule has 0 amide bonds. The van der Waals surface area contributed by atoms with E-state index in [0.29, 0.717) is 38.3 Å². The zero-order valence-corrected chi connectivity index (χ0v) is 8.62. The van der Waals surface area contributed by atoms with E-state index in [9.17, 15) is 0 Å². The lowest BCUT2D eigenvalue weighted by atomic mass is 9.98. The molecule has 94 valence electrons. The Kier molecular flexibility index (Phi) is 12.0. The maximum atomic E-state index is 5.47. The molecule has 3 heteroatoms. The van der Waals surface area contributed by atoms with Crippen molar-refractivity contribution in [3.8, 4) is 0 Å². The van der Waals surface area contributed by atoms with E-state index in [1.807, 2.05) is 0 Å². The maximum absolute atomic E-state index is 5.47. The van der Waals surface area contributed by atoms with Gasteiger partial charge in [-0.05, 0) is 11.8 Å². The minimum atomic E-state index is 0. The molecule has 0 bridgehead atoms. The highest BCUT2D eigenvalue weighted by Gasteiger charge is 2.13. The lowest BCUT2D eigenvalue weighted by Gasteiger charge is -2.18. The summed E-state index contributed by atoms with van der Waals surface area (Å²) >= 11 is 0. The van der Waals surface area contributed by atoms with Crippen LogP contribution in [-0.4, -0.2) is 39.6 Å². The Hall–Kier alpha value is -0.120. The average molecular weight is 220 g/mol. The summed E-state index contributed by atoms with van der Waals surface area (Å²) in [5.74, 6) is 1.14. The van der Waals surface area contributed by atoms with Crippen LogP contribution in [0.15, 0.2) is 0 Å². The summed E-state index contributed by atoms with van der Waals surface area (Å²) in [7, 11) is 0. The molecule has 0 aromatic carbocycles. The van der Waals surface area contributed by atoms with Crippen molar-refractivity contribution in [3.05, 3.63) is 0 Å². The summed E-state index contributed by atoms with van der Waals surface area (Å²) in [4.78, 5) is 0. The van der Waals surface area contributed by atoms with Crippen LogP contribution in [0.5, 0.6) is 0 Å². The second kappa shape index (κ2) is 10.4. The Labute approximate surface area is 95.1 Å². The third-order valence-electron chi connectivity index (χ3n) is 2.48. The van der Waals surface area contributed by atoms with Crippen LogP contribution < -0.4 is 0 Å². The summed E-state index contributed by atoms with van der Waals surface area (Å²) in [5, 5.41) is 0. The Bertz CT molecular complexity index is 114. The smallest absolute Gasteiger partial charge is 0.0701 e. The quantitative estimate of drug-likeness (QED) is 0.628. The standard InChI is InChI=1S/C10H20O3.2CH4/c1-9-7-12-5-3-11-4-6-13-8-10(9)2;;/h9-10H,3-8H2,1-2H3;2*1H4. The molecule has 1 aliphatic heterocycles. The fourth-order valence-corrected chi connectivity index (χ4v) is 1.20. The van der Waals surface area contributed by atoms with Gasteiger partial charge in [-0.25, -0.2) is 0 Å². The Morgan fingerprint density at radius 3 is 1.40 bits per heavy atom. The molecule has 1 saturated heterocycles. The predicted octanol–water partition coefficient (Wildman–Crippen LogP) is 2.59. The zero-order valence-electron chi connectivity index (χ0n) is 8.62. The molecule has 3 nitrogen and oxygen atoms in total. The van der Waals surface area contributed by atoms with Crippen LogP contribution in [-0.2, 0) is 14.2 Å². The van der Waals surface area contributed by atoms with Crippen molar-refractivity contribution < 1.29 is 14.2 Å². The van der Waals surface area contributed by atoms with Crippen LogP contribution >= 0.6 is 0 Å². The molecule has 2 atom stereocenters. The molecule has 1 rings (SSSR count). The fraction of sp³-hybridized carbons (Fsp3) is 1.00. The number of hydrogen-bond acceptors (Lipinski definition) is 3. The molecule has 0 aromatic heterocycles. The summed E-state index contributed by atoms with van der Waals surface area (Å²) in [6.07, 6.45) is 0. The van der Waals surface area contributed by atoms with Gasteiger partial charge in [0, 0.05) is 13.2 Å². The van der Waals surface area contributed by atoms with E-state index in [0.717, 1.165) is 13.2 Å². The van der Waals surface area contributed by atoms with Gasteiger partial charge in [0.05, 0.1) is 26.4 Å². The van der Waals surface area contributed by atoms with Gasteiger partial charge < -0.3 is 14.2 Å². The van der Waals surface area contributed by atoms with Gasteiger partial charge in [0.25, 0.3) is 0 Å². The third kappa shape index (κ3) is 7.77. The van der Waals surface area contributed by atoms with E-state index >= 15 is 0 Å². The highest BCUT2D eigenvalue weighted by Crippen LogP contribution is 2.12. The van der Waals surface area contributed by atoms with E-state index in [2.05, 4.69) is 13.8 Å². The minimum Gasteiger partial charge on any atom is -0.379 e. The van der Waals surface area contributed by atoms with Crippen LogP contribution in [0.2, 0.25) is 0 Å². The minimum absolute atomic E-state index is 0. The van der Waals surface area contributed by atoms with Crippen molar-refractivity contribution in [2.24, 2.45) is 11.8 Å². The number of hydrogen-bond donors (Lipinski definition) is 0. The van der Waals surface area contributed by atoms with Crippen LogP contribution in [0.4, 0.5) is 0 Å². The SMILES string of the molecule is C.C.CC1COCCOCCOCC1C. The van der Waals surface area contributed by atoms with Gasteiger partial charge in [-0.15, -0.1) is 0 Å². The van der Waals surface area contributed by atoms with Gasteiger partial charge in [0.1, 0.15) is 0 Å². The number of rotatable bonds is 0. The van der Waals surface area contributed by atoms with E-state index in [1.54, 1.807) is 0 Å². The van der Waals surface area contributed by atoms with Gasteiger partial charge in [0.15, 0.2) is 0 Å². The molecule has 15 heavy (non-hydrogen) atoms. The fourth-order valence-electron chi connectivity index (χ4n) is 1.20. The molecule has 1 heterocycles. The summed E-state index contributed by atoms with van der Waals surface area (Å²) in [6, 6.07) is 0. The van der Waals surface area contributed by atoms with E-state index in [-0.39, 0.29) is 14.9 Å². The van der Waals surface area contributed by atoms with Crippen molar-refractivity contribution in [1.82, 2.24) is 0 Å². The van der Waals surface area contributed by atoms with Crippen molar-refractivity contribution in [2.45, 2.75) is 28.7 Å². The highest BCUT2D eigenvalue weighted by atomic mass is 16.5. The lowest BCUT2D eigenvalue weighted by Crippen LogP contribution is -2.19. The van der Waals surface area contributed by atoms with E-state index in [4.69, 9.17) is 14.2 Å². The molecule has 1 aliphatic rings. The molecule has 0 radical (unpaired) electrons. The van der Waals surface area contributed by atoms with Crippen LogP contribution in [0.3, 0.4) is 0 Å². The lowest BCUT2D eigenvalue weighted by molar-refractivity contribution is 0.0235. The largest absolute Gasteiger partial charge is 0.379 e. The van der Waals surface area contributed by atoms with Crippen molar-refractivity contribution in [3.63, 3.8) is 0 Å². The summed E-state index contributed by atoms with van der Waals surface area (Å²) in [5.41, 5.74) is 0. The highest BCUT2D eigenvalue weighted by molar-refractivity contribution is 4.60. The molecule has 1 fully saturated rings. The van der Waals surface area contributed by atoms with E-state index < -0.39 is 0 Å². The molecule has 0 N–H and O–H groups in total. The van der Waals surface area contributed by atoms with Crippen molar-refractivity contribution in [1.29, 1.82) is 0 Å². The second-order valence-corrected chi connectivity index (χ2v) is 3.72. The molecule has 0 spiro atoms. The maximum Gasteiger partial charge on any atom is 0.0701 e. The van der Waals surface area contributed by atoms with Crippen molar-refractivity contribution in [2.75, 3.05) is 39.6 Å². The van der Waals surface area contributed by atoms with Crippen molar-refractivity contribution >= 4 is 0 Å². The molecular weight excluding hydrogens is 192 g/mol. The average Bonchev–Trinajstić information content (AvgIpc) is 2.16. The molecule has 0 aromatic rings. The van der Waals surface area contributed by atoms with Crippen LogP contribution in [0, 0.1) is 11.8 Å². The zero-order chi connectivity index (χ0) is 9.52. The van der Waals surface area contributed by atoms with Crippen LogP contribution in [0.25, 0.3) is 0 Å². The van der Waals surface area contributed by atoms with Gasteiger partial charge in [-0.3, -0.25) is 0 Å². The monoisotopic (exact) mass is 220 g/mol. The van der Waals surface area contributed by atoms with Gasteiger partial charge >= 0.3 is 0 Å². The first-order valence-corrected chi connectivity index (χ1v) is 5.04. The normalized spacial score (nSPS) is 29.2. The topological polar surface area (TPSA) is 27.7 Å². The summed E-state index contributed by atoms with van der Waals surface area (Å²) in [6.45, 7) is 8.81. The van der Waals surface area contributed by atoms with Gasteiger partial charge in [0.2, 0.25) is 0 Å². The molecular formula is C12H28O3. The first-order valence-electron chi connectivity index (χ1n) is 5.04. The third-order valence-corrected chi connectivity index (χ3v) is 2.48. The second-order valence-electron chi connectivity index (χ2n) is 3.72. The first kappa shape index (κ1) is 17.3. The van der Waals surface area contributed by atoms with E-state index in [1.165, 1.54) is 0 Å². The molecule has 0 saturated carbocycles. The summed E-state index contributed by atoms with van der Waals surface area (Å²) < 4.78 is 16.2. The molecule has 0 aliphatic carbocycles.